The lowest BCUT2D eigenvalue weighted by atomic mass is 9.87. The van der Waals surface area contributed by atoms with E-state index < -0.39 is 12.1 Å². The molecular weight excluding hydrogens is 464 g/mol. The summed E-state index contributed by atoms with van der Waals surface area (Å²) in [5.41, 5.74) is 3.34. The molecule has 0 amide bonds. The molecule has 1 saturated heterocycles. The Bertz CT molecular complexity index is 909. The monoisotopic (exact) mass is 490 g/mol. The van der Waals surface area contributed by atoms with Crippen LogP contribution in [-0.4, -0.2) is 58.0 Å². The maximum atomic E-state index is 14.0. The van der Waals surface area contributed by atoms with Crippen LogP contribution in [0.2, 0.25) is 5.02 Å². The highest BCUT2D eigenvalue weighted by molar-refractivity contribution is 6.31. The highest BCUT2D eigenvalue weighted by atomic mass is 35.5. The number of hydrogen-bond acceptors (Lipinski definition) is 4. The zero-order valence-corrected chi connectivity index (χ0v) is 18.7. The Morgan fingerprint density at radius 2 is 1.97 bits per heavy atom. The SMILES string of the molecule is Fc1cccc(Cl)c1CN1CCC(NCC2CCCc3[nH]ncc32)CC1.O=C(O)C(F)(F)F. The number of alkyl halides is 3. The number of nitrogens with zero attached hydrogens (tertiary/aromatic N) is 2. The van der Waals surface area contributed by atoms with Crippen LogP contribution in [0, 0.1) is 5.82 Å². The molecule has 1 fully saturated rings. The minimum absolute atomic E-state index is 0.203. The lowest BCUT2D eigenvalue weighted by molar-refractivity contribution is -0.192. The van der Waals surface area contributed by atoms with Gasteiger partial charge in [0.25, 0.3) is 0 Å². The summed E-state index contributed by atoms with van der Waals surface area (Å²) in [7, 11) is 0. The van der Waals surface area contributed by atoms with Gasteiger partial charge < -0.3 is 10.4 Å². The molecule has 0 saturated carbocycles. The highest BCUT2D eigenvalue weighted by Crippen LogP contribution is 2.30. The fourth-order valence-electron chi connectivity index (χ4n) is 4.28. The molecule has 33 heavy (non-hydrogen) atoms. The summed E-state index contributed by atoms with van der Waals surface area (Å²) < 4.78 is 45.7. The molecule has 0 spiro atoms. The molecule has 182 valence electrons. The van der Waals surface area contributed by atoms with Gasteiger partial charge in [-0.1, -0.05) is 17.7 Å². The number of benzene rings is 1. The number of aliphatic carboxylic acids is 1. The molecule has 1 aromatic carbocycles. The van der Waals surface area contributed by atoms with Gasteiger partial charge in [0, 0.05) is 35.4 Å². The topological polar surface area (TPSA) is 81.2 Å². The molecule has 11 heteroatoms. The van der Waals surface area contributed by atoms with Gasteiger partial charge >= 0.3 is 12.1 Å². The summed E-state index contributed by atoms with van der Waals surface area (Å²) in [5, 5.41) is 18.8. The van der Waals surface area contributed by atoms with Gasteiger partial charge in [0.2, 0.25) is 0 Å². The first-order valence-corrected chi connectivity index (χ1v) is 11.2. The van der Waals surface area contributed by atoms with Crippen molar-refractivity contribution in [3.05, 3.63) is 52.1 Å². The van der Waals surface area contributed by atoms with Crippen LogP contribution < -0.4 is 5.32 Å². The number of likely N-dealkylation sites (tertiary alicyclic amines) is 1. The van der Waals surface area contributed by atoms with Crippen LogP contribution in [0.5, 0.6) is 0 Å². The van der Waals surface area contributed by atoms with Gasteiger partial charge in [-0.25, -0.2) is 9.18 Å². The average molecular weight is 491 g/mol. The van der Waals surface area contributed by atoms with E-state index in [9.17, 15) is 17.6 Å². The fourth-order valence-corrected chi connectivity index (χ4v) is 4.50. The Labute approximate surface area is 194 Å². The fraction of sp³-hybridized carbons (Fsp3) is 0.545. The van der Waals surface area contributed by atoms with E-state index in [0.29, 0.717) is 29.1 Å². The minimum atomic E-state index is -5.08. The van der Waals surface area contributed by atoms with Crippen molar-refractivity contribution in [2.24, 2.45) is 0 Å². The van der Waals surface area contributed by atoms with Crippen molar-refractivity contribution in [3.63, 3.8) is 0 Å². The first kappa shape index (κ1) is 25.5. The number of carboxylic acids is 1. The standard InChI is InChI=1S/C20H26ClFN4.C2HF3O2/c21-18-4-2-5-19(22)17(18)13-26-9-7-15(8-10-26)23-11-14-3-1-6-20-16(14)12-24-25-20;3-2(4,5)1(6)7/h2,4-5,12,14-15,23H,1,3,6-11,13H2,(H,24,25);(H,6,7). The molecule has 1 aliphatic heterocycles. The van der Waals surface area contributed by atoms with Crippen LogP contribution in [0.1, 0.15) is 48.4 Å². The molecular formula is C22H27ClF4N4O2. The molecule has 1 unspecified atom stereocenters. The lowest BCUT2D eigenvalue weighted by Gasteiger charge is -2.34. The summed E-state index contributed by atoms with van der Waals surface area (Å²) in [4.78, 5) is 11.2. The van der Waals surface area contributed by atoms with E-state index in [4.69, 9.17) is 21.5 Å². The number of aromatic nitrogens is 2. The van der Waals surface area contributed by atoms with E-state index in [2.05, 4.69) is 20.4 Å². The van der Waals surface area contributed by atoms with Gasteiger partial charge in [0.15, 0.2) is 0 Å². The molecule has 2 aromatic rings. The number of rotatable bonds is 5. The predicted molar refractivity (Wildman–Crippen MR) is 116 cm³/mol. The van der Waals surface area contributed by atoms with Gasteiger partial charge in [0.1, 0.15) is 5.82 Å². The second kappa shape index (κ2) is 11.3. The van der Waals surface area contributed by atoms with Crippen molar-refractivity contribution in [1.29, 1.82) is 0 Å². The third-order valence-corrected chi connectivity index (χ3v) is 6.45. The maximum Gasteiger partial charge on any atom is 0.490 e. The molecule has 2 heterocycles. The molecule has 1 aromatic heterocycles. The molecule has 4 rings (SSSR count). The number of hydrogen-bond donors (Lipinski definition) is 3. The summed E-state index contributed by atoms with van der Waals surface area (Å²) in [6, 6.07) is 5.46. The number of carbonyl (C=O) groups is 1. The molecule has 3 N–H and O–H groups in total. The van der Waals surface area contributed by atoms with Crippen molar-refractivity contribution < 1.29 is 27.5 Å². The van der Waals surface area contributed by atoms with E-state index in [0.717, 1.165) is 38.9 Å². The van der Waals surface area contributed by atoms with Gasteiger partial charge in [0.05, 0.1) is 6.20 Å². The number of piperidine rings is 1. The maximum absolute atomic E-state index is 14.0. The van der Waals surface area contributed by atoms with Crippen LogP contribution in [0.4, 0.5) is 17.6 Å². The van der Waals surface area contributed by atoms with Crippen molar-refractivity contribution >= 4 is 17.6 Å². The Hall–Kier alpha value is -2.17. The number of carboxylic acid groups (broad SMARTS) is 1. The smallest absolute Gasteiger partial charge is 0.475 e. The summed E-state index contributed by atoms with van der Waals surface area (Å²) in [5.74, 6) is -2.38. The first-order valence-electron chi connectivity index (χ1n) is 10.9. The highest BCUT2D eigenvalue weighted by Gasteiger charge is 2.38. The van der Waals surface area contributed by atoms with Crippen molar-refractivity contribution in [2.75, 3.05) is 19.6 Å². The van der Waals surface area contributed by atoms with Crippen LogP contribution in [0.15, 0.2) is 24.4 Å². The third kappa shape index (κ3) is 7.15. The van der Waals surface area contributed by atoms with E-state index in [1.807, 2.05) is 6.20 Å². The van der Waals surface area contributed by atoms with Crippen LogP contribution >= 0.6 is 11.6 Å². The van der Waals surface area contributed by atoms with E-state index in [-0.39, 0.29) is 5.82 Å². The summed E-state index contributed by atoms with van der Waals surface area (Å²) in [6.45, 7) is 3.57. The zero-order chi connectivity index (χ0) is 24.0. The molecule has 0 radical (unpaired) electrons. The molecule has 1 atom stereocenters. The largest absolute Gasteiger partial charge is 0.490 e. The second-order valence-corrected chi connectivity index (χ2v) is 8.76. The number of aryl methyl sites for hydroxylation is 1. The molecule has 2 aliphatic rings. The summed E-state index contributed by atoms with van der Waals surface area (Å²) >= 11 is 6.16. The molecule has 6 nitrogen and oxygen atoms in total. The van der Waals surface area contributed by atoms with E-state index in [1.165, 1.54) is 30.2 Å². The Balaban J connectivity index is 0.000000383. The van der Waals surface area contributed by atoms with Gasteiger partial charge in [-0.15, -0.1) is 0 Å². The van der Waals surface area contributed by atoms with Crippen LogP contribution in [0.3, 0.4) is 0 Å². The van der Waals surface area contributed by atoms with Gasteiger partial charge in [-0.3, -0.25) is 10.00 Å². The lowest BCUT2D eigenvalue weighted by Crippen LogP contribution is -2.43. The molecule has 0 bridgehead atoms. The number of fused-ring (bicyclic) bond motifs is 1. The summed E-state index contributed by atoms with van der Waals surface area (Å²) in [6.07, 6.45) is 2.71. The van der Waals surface area contributed by atoms with Crippen LogP contribution in [-0.2, 0) is 17.8 Å². The predicted octanol–water partition coefficient (Wildman–Crippen LogP) is 4.51. The van der Waals surface area contributed by atoms with E-state index in [1.54, 1.807) is 12.1 Å². The van der Waals surface area contributed by atoms with Gasteiger partial charge in [-0.05, 0) is 68.8 Å². The van der Waals surface area contributed by atoms with E-state index >= 15 is 0 Å². The Morgan fingerprint density at radius 1 is 1.27 bits per heavy atom. The van der Waals surface area contributed by atoms with Crippen molar-refractivity contribution in [3.8, 4) is 0 Å². The first-order chi connectivity index (χ1) is 15.6. The van der Waals surface area contributed by atoms with Crippen molar-refractivity contribution in [1.82, 2.24) is 20.4 Å². The normalized spacial score (nSPS) is 19.5. The Morgan fingerprint density at radius 3 is 2.61 bits per heavy atom. The van der Waals surface area contributed by atoms with Crippen LogP contribution in [0.25, 0.3) is 0 Å². The number of halogens is 5. The quantitative estimate of drug-likeness (QED) is 0.537. The van der Waals surface area contributed by atoms with Crippen molar-refractivity contribution in [2.45, 2.75) is 56.8 Å². The number of nitrogens with one attached hydrogen (secondary N) is 2. The van der Waals surface area contributed by atoms with Gasteiger partial charge in [-0.2, -0.15) is 18.3 Å². The Kier molecular flexibility index (Phi) is 8.72. The third-order valence-electron chi connectivity index (χ3n) is 6.10. The molecule has 1 aliphatic carbocycles. The average Bonchev–Trinajstić information content (AvgIpc) is 3.25. The minimum Gasteiger partial charge on any atom is -0.475 e. The zero-order valence-electron chi connectivity index (χ0n) is 18.0. The second-order valence-electron chi connectivity index (χ2n) is 8.35. The number of aromatic amines is 1. The number of H-pyrrole nitrogens is 1.